The fourth-order valence-electron chi connectivity index (χ4n) is 9.48. The standard InChI is InChI=1S/C47H50N8O9/c1-25(62-3)39(53-47(60)63-4)44(56)55-22-26(23-61-2)17-37(55)42-48-21-35(50-42)29-12-14-31-30(18-29)24-64-38-20-32-28(19-33(31)38)13-15-34-41(32)51-43(49-34)36-11-8-16-54(36)45(57)40(52-46(58)59)27-9-6-5-7-10-27/h5-7,9-10,12-15,18-21,25-26,36-37,39-40,52H,8,11,16-17,22-24H2,1-4H3,(H,48,50)(H,49,51)(H,53,60)(H,58,59)/t25-,26+,36+,37+,39+,40-/m1/s1. The van der Waals surface area contributed by atoms with Crippen LogP contribution in [-0.2, 0) is 30.4 Å². The lowest BCUT2D eigenvalue weighted by Crippen LogP contribution is -2.54. The van der Waals surface area contributed by atoms with Crippen LogP contribution < -0.4 is 15.4 Å². The van der Waals surface area contributed by atoms with Crippen molar-refractivity contribution in [2.75, 3.05) is 41.0 Å². The molecule has 3 aliphatic rings. The molecule has 17 nitrogen and oxygen atoms in total. The third-order valence-corrected chi connectivity index (χ3v) is 12.7. The van der Waals surface area contributed by atoms with Gasteiger partial charge in [-0.25, -0.2) is 19.6 Å². The molecule has 0 radical (unpaired) electrons. The molecular weight excluding hydrogens is 821 g/mol. The number of ether oxygens (including phenoxy) is 4. The van der Waals surface area contributed by atoms with Crippen molar-refractivity contribution >= 4 is 45.8 Å². The molecule has 5 N–H and O–H groups in total. The van der Waals surface area contributed by atoms with Crippen LogP contribution in [0.4, 0.5) is 9.59 Å². The highest BCUT2D eigenvalue weighted by Crippen LogP contribution is 2.44. The molecule has 2 saturated heterocycles. The molecule has 0 spiro atoms. The zero-order chi connectivity index (χ0) is 44.6. The molecule has 0 saturated carbocycles. The fraction of sp³-hybridized carbons (Fsp3) is 0.362. The summed E-state index contributed by atoms with van der Waals surface area (Å²) in [5, 5.41) is 16.6. The molecule has 0 unspecified atom stereocenters. The number of hydrogen-bond acceptors (Lipinski definition) is 10. The lowest BCUT2D eigenvalue weighted by atomic mass is 9.92. The summed E-state index contributed by atoms with van der Waals surface area (Å²) in [5.74, 6) is 1.45. The number of aromatic amines is 2. The number of carbonyl (C=O) groups is 4. The van der Waals surface area contributed by atoms with Crippen molar-refractivity contribution in [2.45, 2.75) is 63.1 Å². The van der Waals surface area contributed by atoms with Crippen molar-refractivity contribution in [2.24, 2.45) is 5.92 Å². The molecule has 9 rings (SSSR count). The molecule has 0 bridgehead atoms. The Kier molecular flexibility index (Phi) is 11.7. The molecule has 4 amide bonds. The van der Waals surface area contributed by atoms with E-state index < -0.39 is 36.4 Å². The minimum absolute atomic E-state index is 0.0589. The Morgan fingerprint density at radius 3 is 2.52 bits per heavy atom. The van der Waals surface area contributed by atoms with Crippen molar-refractivity contribution in [3.8, 4) is 28.1 Å². The fourth-order valence-corrected chi connectivity index (χ4v) is 9.48. The number of rotatable bonds is 12. The van der Waals surface area contributed by atoms with E-state index in [1.54, 1.807) is 54.3 Å². The maximum atomic E-state index is 14.0. The van der Waals surface area contributed by atoms with E-state index in [1.807, 2.05) is 30.3 Å². The van der Waals surface area contributed by atoms with Crippen molar-refractivity contribution in [1.29, 1.82) is 0 Å². The summed E-state index contributed by atoms with van der Waals surface area (Å²) in [5.41, 5.74) is 6.86. The first kappa shape index (κ1) is 42.3. The van der Waals surface area contributed by atoms with Crippen LogP contribution in [0.2, 0.25) is 0 Å². The van der Waals surface area contributed by atoms with Gasteiger partial charge in [-0.15, -0.1) is 0 Å². The maximum Gasteiger partial charge on any atom is 0.407 e. The number of nitrogens with one attached hydrogen (secondary N) is 4. The highest BCUT2D eigenvalue weighted by molar-refractivity contribution is 6.07. The lowest BCUT2D eigenvalue weighted by Gasteiger charge is -2.30. The van der Waals surface area contributed by atoms with E-state index in [2.05, 4.69) is 38.8 Å². The molecule has 2 aromatic heterocycles. The van der Waals surface area contributed by atoms with Gasteiger partial charge in [0.2, 0.25) is 5.91 Å². The number of aromatic nitrogens is 4. The second kappa shape index (κ2) is 17.7. The number of alkyl carbamates (subject to hydrolysis) is 1. The van der Waals surface area contributed by atoms with E-state index >= 15 is 0 Å². The van der Waals surface area contributed by atoms with Gasteiger partial charge in [-0.2, -0.15) is 0 Å². The molecule has 3 aliphatic heterocycles. The predicted molar refractivity (Wildman–Crippen MR) is 235 cm³/mol. The van der Waals surface area contributed by atoms with Gasteiger partial charge in [0.15, 0.2) is 0 Å². The highest BCUT2D eigenvalue weighted by Gasteiger charge is 2.43. The third-order valence-electron chi connectivity index (χ3n) is 12.7. The van der Waals surface area contributed by atoms with Gasteiger partial charge in [-0.3, -0.25) is 9.59 Å². The number of likely N-dealkylation sites (tertiary alicyclic amines) is 2. The molecule has 332 valence electrons. The van der Waals surface area contributed by atoms with Crippen molar-refractivity contribution in [3.63, 3.8) is 0 Å². The number of methoxy groups -OCH3 is 3. The second-order valence-corrected chi connectivity index (χ2v) is 16.6. The average Bonchev–Trinajstić information content (AvgIpc) is 4.15. The first-order valence-electron chi connectivity index (χ1n) is 21.3. The van der Waals surface area contributed by atoms with Gasteiger partial charge in [-0.1, -0.05) is 48.5 Å². The summed E-state index contributed by atoms with van der Waals surface area (Å²) < 4.78 is 22.2. The van der Waals surface area contributed by atoms with E-state index in [0.29, 0.717) is 56.4 Å². The molecule has 6 aromatic rings. The maximum absolute atomic E-state index is 14.0. The highest BCUT2D eigenvalue weighted by atomic mass is 16.5. The quantitative estimate of drug-likeness (QED) is 0.0880. The molecule has 0 aliphatic carbocycles. The van der Waals surface area contributed by atoms with Crippen LogP contribution in [-0.4, -0.2) is 112 Å². The first-order valence-corrected chi connectivity index (χ1v) is 21.3. The average molecular weight is 871 g/mol. The van der Waals surface area contributed by atoms with Crippen LogP contribution in [0.15, 0.2) is 79.0 Å². The number of benzene rings is 4. The minimum atomic E-state index is -1.27. The lowest BCUT2D eigenvalue weighted by molar-refractivity contribution is -0.138. The van der Waals surface area contributed by atoms with E-state index in [1.165, 1.54) is 14.2 Å². The van der Waals surface area contributed by atoms with Crippen LogP contribution in [0.5, 0.6) is 5.75 Å². The van der Waals surface area contributed by atoms with Crippen LogP contribution in [0, 0.1) is 5.92 Å². The number of amides is 4. The number of fused-ring (bicyclic) bond motifs is 6. The second-order valence-electron chi connectivity index (χ2n) is 16.6. The first-order chi connectivity index (χ1) is 31.0. The van der Waals surface area contributed by atoms with Gasteiger partial charge in [-0.05, 0) is 78.1 Å². The van der Waals surface area contributed by atoms with E-state index in [0.717, 1.165) is 61.9 Å². The van der Waals surface area contributed by atoms with Gasteiger partial charge >= 0.3 is 12.2 Å². The molecule has 2 fully saturated rings. The summed E-state index contributed by atoms with van der Waals surface area (Å²) in [6.45, 7) is 3.43. The third kappa shape index (κ3) is 7.96. The van der Waals surface area contributed by atoms with E-state index in [9.17, 15) is 24.3 Å². The Morgan fingerprint density at radius 2 is 1.75 bits per heavy atom. The van der Waals surface area contributed by atoms with Crippen LogP contribution >= 0.6 is 0 Å². The molecular formula is C47H50N8O9. The summed E-state index contributed by atoms with van der Waals surface area (Å²) in [7, 11) is 4.37. The van der Waals surface area contributed by atoms with Crippen molar-refractivity contribution < 1.29 is 43.2 Å². The number of carbonyl (C=O) groups excluding carboxylic acids is 3. The number of imidazole rings is 2. The molecule has 17 heteroatoms. The van der Waals surface area contributed by atoms with Crippen LogP contribution in [0.1, 0.15) is 67.1 Å². The summed E-state index contributed by atoms with van der Waals surface area (Å²) in [4.78, 5) is 72.2. The molecule has 64 heavy (non-hydrogen) atoms. The Labute approximate surface area is 368 Å². The minimum Gasteiger partial charge on any atom is -0.488 e. The number of hydrogen-bond donors (Lipinski definition) is 5. The number of nitrogens with zero attached hydrogens (tertiary/aromatic N) is 4. The van der Waals surface area contributed by atoms with Gasteiger partial charge in [0, 0.05) is 44.2 Å². The van der Waals surface area contributed by atoms with Crippen molar-refractivity contribution in [3.05, 3.63) is 102 Å². The monoisotopic (exact) mass is 870 g/mol. The molecule has 4 aromatic carbocycles. The van der Waals surface area contributed by atoms with Crippen LogP contribution in [0.25, 0.3) is 44.2 Å². The van der Waals surface area contributed by atoms with E-state index in [4.69, 9.17) is 28.9 Å². The van der Waals surface area contributed by atoms with Gasteiger partial charge < -0.3 is 54.5 Å². The predicted octanol–water partition coefficient (Wildman–Crippen LogP) is 6.63. The number of H-pyrrole nitrogens is 2. The zero-order valence-corrected chi connectivity index (χ0v) is 35.9. The molecule has 6 atom stereocenters. The number of carboxylic acid groups (broad SMARTS) is 1. The molecule has 5 heterocycles. The topological polar surface area (TPSA) is 213 Å². The van der Waals surface area contributed by atoms with E-state index in [-0.39, 0.29) is 23.8 Å². The summed E-state index contributed by atoms with van der Waals surface area (Å²) >= 11 is 0. The normalized spacial score (nSPS) is 19.4. The van der Waals surface area contributed by atoms with Crippen molar-refractivity contribution in [1.82, 2.24) is 40.4 Å². The van der Waals surface area contributed by atoms with Gasteiger partial charge in [0.1, 0.15) is 36.1 Å². The Bertz CT molecular complexity index is 2740. The summed E-state index contributed by atoms with van der Waals surface area (Å²) in [6.07, 6.45) is 1.23. The smallest absolute Gasteiger partial charge is 0.407 e. The largest absolute Gasteiger partial charge is 0.488 e. The Morgan fingerprint density at radius 1 is 0.922 bits per heavy atom. The Balaban J connectivity index is 0.967. The van der Waals surface area contributed by atoms with Crippen LogP contribution in [0.3, 0.4) is 0 Å². The Hall–Kier alpha value is -6.98. The summed E-state index contributed by atoms with van der Waals surface area (Å²) in [6, 6.07) is 20.6. The van der Waals surface area contributed by atoms with Gasteiger partial charge in [0.25, 0.3) is 5.91 Å². The van der Waals surface area contributed by atoms with Gasteiger partial charge in [0.05, 0.1) is 54.8 Å². The zero-order valence-electron chi connectivity index (χ0n) is 35.9. The SMILES string of the molecule is COC[C@H]1C[C@@H](c2ncc(-c3ccc4c(c3)COc3cc5c(ccc6[nH]c([C@@H]7CCCN7C(=O)[C@H](NC(=O)O)c7ccccc7)nc65)cc3-4)[nH]2)N(C(=O)[C@@H](NC(=O)OC)[C@@H](C)OC)C1.